The van der Waals surface area contributed by atoms with Crippen molar-refractivity contribution in [2.75, 3.05) is 5.32 Å². The number of carbonyl (C=O) groups excluding carboxylic acids is 2. The lowest BCUT2D eigenvalue weighted by molar-refractivity contribution is 0.101. The predicted octanol–water partition coefficient (Wildman–Crippen LogP) is 2.99. The topological polar surface area (TPSA) is 87.7 Å². The fourth-order valence-corrected chi connectivity index (χ4v) is 2.61. The Morgan fingerprint density at radius 3 is 2.64 bits per heavy atom. The SMILES string of the molecule is CC(=O)c1c[nH]c(C(=O)Nc2nnc(-c3ccccc3)s2)c1. The molecule has 3 rings (SSSR count). The Bertz CT molecular complexity index is 823. The van der Waals surface area contributed by atoms with Gasteiger partial charge in [0.1, 0.15) is 10.7 Å². The second kappa shape index (κ2) is 5.90. The number of ketones is 1. The highest BCUT2D eigenvalue weighted by Crippen LogP contribution is 2.26. The van der Waals surface area contributed by atoms with E-state index in [9.17, 15) is 9.59 Å². The van der Waals surface area contributed by atoms with Crippen LogP contribution in [-0.4, -0.2) is 26.9 Å². The molecule has 2 N–H and O–H groups in total. The van der Waals surface area contributed by atoms with Gasteiger partial charge in [0.05, 0.1) is 0 Å². The number of H-pyrrole nitrogens is 1. The maximum Gasteiger partial charge on any atom is 0.273 e. The van der Waals surface area contributed by atoms with Crippen molar-refractivity contribution >= 4 is 28.2 Å². The van der Waals surface area contributed by atoms with Gasteiger partial charge in [-0.3, -0.25) is 14.9 Å². The normalized spacial score (nSPS) is 10.4. The zero-order valence-electron chi connectivity index (χ0n) is 11.7. The minimum absolute atomic E-state index is 0.0995. The van der Waals surface area contributed by atoms with Crippen molar-refractivity contribution in [3.05, 3.63) is 53.9 Å². The summed E-state index contributed by atoms with van der Waals surface area (Å²) >= 11 is 1.29. The van der Waals surface area contributed by atoms with Crippen LogP contribution in [0.2, 0.25) is 0 Å². The minimum atomic E-state index is -0.358. The molecular formula is C15H12N4O2S. The van der Waals surface area contributed by atoms with E-state index in [-0.39, 0.29) is 11.7 Å². The molecule has 1 amide bonds. The Hall–Kier alpha value is -2.80. The van der Waals surface area contributed by atoms with Gasteiger partial charge in [0.15, 0.2) is 5.78 Å². The highest BCUT2D eigenvalue weighted by atomic mass is 32.1. The van der Waals surface area contributed by atoms with Crippen molar-refractivity contribution < 1.29 is 9.59 Å². The molecule has 0 saturated heterocycles. The van der Waals surface area contributed by atoms with Crippen LogP contribution in [0.1, 0.15) is 27.8 Å². The number of amides is 1. The zero-order valence-corrected chi connectivity index (χ0v) is 12.5. The van der Waals surface area contributed by atoms with Gasteiger partial charge in [0, 0.05) is 17.3 Å². The average molecular weight is 312 g/mol. The third kappa shape index (κ3) is 2.94. The van der Waals surface area contributed by atoms with Crippen molar-refractivity contribution in [3.8, 4) is 10.6 Å². The quantitative estimate of drug-likeness (QED) is 0.725. The number of hydrogen-bond donors (Lipinski definition) is 2. The summed E-state index contributed by atoms with van der Waals surface area (Å²) in [5, 5.41) is 11.8. The van der Waals surface area contributed by atoms with Crippen molar-refractivity contribution in [2.24, 2.45) is 0 Å². The van der Waals surface area contributed by atoms with Gasteiger partial charge in [-0.1, -0.05) is 41.7 Å². The molecule has 0 spiro atoms. The van der Waals surface area contributed by atoms with Crippen molar-refractivity contribution in [3.63, 3.8) is 0 Å². The molecule has 0 bridgehead atoms. The van der Waals surface area contributed by atoms with Gasteiger partial charge >= 0.3 is 0 Å². The van der Waals surface area contributed by atoms with Crippen LogP contribution in [0.5, 0.6) is 0 Å². The maximum atomic E-state index is 12.1. The first kappa shape index (κ1) is 14.2. The van der Waals surface area contributed by atoms with Gasteiger partial charge < -0.3 is 4.98 Å². The van der Waals surface area contributed by atoms with E-state index in [0.717, 1.165) is 10.6 Å². The number of benzene rings is 1. The van der Waals surface area contributed by atoms with Gasteiger partial charge in [0.2, 0.25) is 5.13 Å². The molecule has 0 aliphatic carbocycles. The number of aromatic amines is 1. The van der Waals surface area contributed by atoms with Crippen LogP contribution in [0.3, 0.4) is 0 Å². The first-order valence-corrected chi connectivity index (χ1v) is 7.35. The van der Waals surface area contributed by atoms with E-state index in [0.29, 0.717) is 16.4 Å². The molecule has 110 valence electrons. The molecule has 0 aliphatic heterocycles. The van der Waals surface area contributed by atoms with Crippen LogP contribution in [0.25, 0.3) is 10.6 Å². The molecule has 0 aliphatic rings. The second-order valence-corrected chi connectivity index (χ2v) is 5.57. The number of carbonyl (C=O) groups is 2. The van der Waals surface area contributed by atoms with Crippen LogP contribution in [0.15, 0.2) is 42.6 Å². The first-order chi connectivity index (χ1) is 10.6. The summed E-state index contributed by atoms with van der Waals surface area (Å²) in [6.45, 7) is 1.45. The van der Waals surface area contributed by atoms with E-state index < -0.39 is 0 Å². The van der Waals surface area contributed by atoms with E-state index in [1.807, 2.05) is 30.3 Å². The molecule has 6 nitrogen and oxygen atoms in total. The summed E-state index contributed by atoms with van der Waals surface area (Å²) in [7, 11) is 0. The molecule has 0 fully saturated rings. The third-order valence-corrected chi connectivity index (χ3v) is 3.89. The summed E-state index contributed by atoms with van der Waals surface area (Å²) < 4.78 is 0. The lowest BCUT2D eigenvalue weighted by Gasteiger charge is -1.97. The number of nitrogens with one attached hydrogen (secondary N) is 2. The van der Waals surface area contributed by atoms with E-state index >= 15 is 0 Å². The summed E-state index contributed by atoms with van der Waals surface area (Å²) in [6.07, 6.45) is 1.51. The molecule has 0 radical (unpaired) electrons. The molecule has 0 unspecified atom stereocenters. The molecule has 7 heteroatoms. The number of hydrogen-bond acceptors (Lipinski definition) is 5. The van der Waals surface area contributed by atoms with Crippen molar-refractivity contribution in [2.45, 2.75) is 6.92 Å². The molecule has 2 heterocycles. The number of aromatic nitrogens is 3. The Kier molecular flexibility index (Phi) is 3.80. The van der Waals surface area contributed by atoms with Gasteiger partial charge in [-0.05, 0) is 13.0 Å². The Morgan fingerprint density at radius 1 is 1.18 bits per heavy atom. The van der Waals surface area contributed by atoms with Gasteiger partial charge in [-0.25, -0.2) is 0 Å². The zero-order chi connectivity index (χ0) is 15.5. The van der Waals surface area contributed by atoms with E-state index in [1.54, 1.807) is 0 Å². The van der Waals surface area contributed by atoms with Crippen LogP contribution >= 0.6 is 11.3 Å². The maximum absolute atomic E-state index is 12.1. The summed E-state index contributed by atoms with van der Waals surface area (Å²) in [5.41, 5.74) is 1.72. The molecule has 22 heavy (non-hydrogen) atoms. The fourth-order valence-electron chi connectivity index (χ4n) is 1.86. The number of nitrogens with zero attached hydrogens (tertiary/aromatic N) is 2. The lowest BCUT2D eigenvalue weighted by Crippen LogP contribution is -2.11. The number of anilines is 1. The molecule has 0 atom stereocenters. The van der Waals surface area contributed by atoms with Gasteiger partial charge in [-0.15, -0.1) is 10.2 Å². The van der Waals surface area contributed by atoms with Crippen molar-refractivity contribution in [1.82, 2.24) is 15.2 Å². The van der Waals surface area contributed by atoms with Crippen LogP contribution < -0.4 is 5.32 Å². The lowest BCUT2D eigenvalue weighted by atomic mass is 10.2. The summed E-state index contributed by atoms with van der Waals surface area (Å²) in [5.74, 6) is -0.458. The molecule has 1 aromatic carbocycles. The van der Waals surface area contributed by atoms with Crippen molar-refractivity contribution in [1.29, 1.82) is 0 Å². The minimum Gasteiger partial charge on any atom is -0.356 e. The number of rotatable bonds is 4. The molecule has 2 aromatic heterocycles. The Morgan fingerprint density at radius 2 is 1.95 bits per heavy atom. The molecule has 3 aromatic rings. The third-order valence-electron chi connectivity index (χ3n) is 3.00. The predicted molar refractivity (Wildman–Crippen MR) is 84.1 cm³/mol. The monoisotopic (exact) mass is 312 g/mol. The average Bonchev–Trinajstić information content (AvgIpc) is 3.17. The number of Topliss-reactive ketones (excluding diaryl/α,β-unsaturated/α-hetero) is 1. The van der Waals surface area contributed by atoms with Crippen LogP contribution in [-0.2, 0) is 0 Å². The van der Waals surface area contributed by atoms with Crippen LogP contribution in [0, 0.1) is 0 Å². The smallest absolute Gasteiger partial charge is 0.273 e. The molecule has 0 saturated carbocycles. The highest BCUT2D eigenvalue weighted by Gasteiger charge is 2.13. The largest absolute Gasteiger partial charge is 0.356 e. The molecular weight excluding hydrogens is 300 g/mol. The summed E-state index contributed by atoms with van der Waals surface area (Å²) in [4.78, 5) is 26.1. The van der Waals surface area contributed by atoms with E-state index in [2.05, 4.69) is 20.5 Å². The Labute approximate surface area is 130 Å². The van der Waals surface area contributed by atoms with Gasteiger partial charge in [-0.2, -0.15) is 0 Å². The van der Waals surface area contributed by atoms with Gasteiger partial charge in [0.25, 0.3) is 5.91 Å². The first-order valence-electron chi connectivity index (χ1n) is 6.53. The van der Waals surface area contributed by atoms with E-state index in [1.165, 1.54) is 30.5 Å². The second-order valence-electron chi connectivity index (χ2n) is 4.59. The van der Waals surface area contributed by atoms with Crippen LogP contribution in [0.4, 0.5) is 5.13 Å². The fraction of sp³-hybridized carbons (Fsp3) is 0.0667. The van der Waals surface area contributed by atoms with E-state index in [4.69, 9.17) is 0 Å². The standard InChI is InChI=1S/C15H12N4O2S/c1-9(20)11-7-12(16-8-11)13(21)17-15-19-18-14(22-15)10-5-3-2-4-6-10/h2-8,16H,1H3,(H,17,19,21). The highest BCUT2D eigenvalue weighted by molar-refractivity contribution is 7.18. The Balaban J connectivity index is 1.74. The summed E-state index contributed by atoms with van der Waals surface area (Å²) in [6, 6.07) is 11.1.